The van der Waals surface area contributed by atoms with Gasteiger partial charge in [-0.15, -0.1) is 0 Å². The molecule has 0 bridgehead atoms. The zero-order valence-corrected chi connectivity index (χ0v) is 53.4. The first-order chi connectivity index (χ1) is 37.5. The summed E-state index contributed by atoms with van der Waals surface area (Å²) in [6.07, 6.45) is 77.8. The van der Waals surface area contributed by atoms with E-state index in [0.29, 0.717) is 17.4 Å². The quantitative estimate of drug-likeness (QED) is 0.0243. The van der Waals surface area contributed by atoms with E-state index in [0.717, 1.165) is 38.5 Å². The lowest BCUT2D eigenvalue weighted by atomic mass is 10.0. The fourth-order valence-electron chi connectivity index (χ4n) is 10.6. The average molecular weight is 1110 g/mol. The van der Waals surface area contributed by atoms with Gasteiger partial charge in [0.1, 0.15) is 13.2 Å². The van der Waals surface area contributed by atoms with Gasteiger partial charge in [-0.2, -0.15) is 0 Å². The van der Waals surface area contributed by atoms with Crippen molar-refractivity contribution in [3.63, 3.8) is 0 Å². The highest BCUT2D eigenvalue weighted by atomic mass is 31.2. The number of likely N-dealkylation sites (N-methyl/N-ethyl adjacent to an activating group) is 1. The lowest BCUT2D eigenvalue weighted by Crippen LogP contribution is -2.45. The standard InChI is InChI=1S/C68H135N2O6P/c1-6-8-10-12-14-16-18-20-22-24-25-26-27-28-29-30-31-32-33-34-35-36-37-38-39-40-41-42-43-44-45-46-48-50-52-54-56-58-60-62-68(72)69-66(65-76-77(73,74)75-64-63-70(3,4)5)67(71)61-59-57-55-53-51-49-47-23-21-19-17-15-13-11-9-7-2/h51,53,59,61,66-67,71H,6-50,52,54-58,60,62-65H2,1-5H3,(H-,69,72,73,74)/p+1/b53-51+,61-59+. The zero-order chi connectivity index (χ0) is 56.3. The first-order valence-corrected chi connectivity index (χ1v) is 35.7. The third kappa shape index (κ3) is 62.4. The highest BCUT2D eigenvalue weighted by Crippen LogP contribution is 2.43. The highest BCUT2D eigenvalue weighted by Gasteiger charge is 2.28. The minimum atomic E-state index is -4.35. The number of aliphatic hydroxyl groups is 1. The third-order valence-corrected chi connectivity index (χ3v) is 16.9. The third-order valence-electron chi connectivity index (χ3n) is 15.9. The van der Waals surface area contributed by atoms with Gasteiger partial charge in [-0.3, -0.25) is 13.8 Å². The van der Waals surface area contributed by atoms with E-state index in [1.54, 1.807) is 6.08 Å². The van der Waals surface area contributed by atoms with Crippen molar-refractivity contribution in [1.29, 1.82) is 0 Å². The second-order valence-electron chi connectivity index (χ2n) is 24.9. The normalized spacial score (nSPS) is 13.8. The number of phosphoric ester groups is 1. The maximum Gasteiger partial charge on any atom is 0.472 e. The number of nitrogens with zero attached hydrogens (tertiary/aromatic N) is 1. The Morgan fingerprint density at radius 1 is 0.429 bits per heavy atom. The molecule has 0 saturated carbocycles. The van der Waals surface area contributed by atoms with Gasteiger partial charge in [0.2, 0.25) is 5.91 Å². The van der Waals surface area contributed by atoms with Gasteiger partial charge < -0.3 is 19.8 Å². The number of carbonyl (C=O) groups is 1. The summed E-state index contributed by atoms with van der Waals surface area (Å²) in [6, 6.07) is -0.860. The van der Waals surface area contributed by atoms with Crippen LogP contribution in [0.5, 0.6) is 0 Å². The summed E-state index contributed by atoms with van der Waals surface area (Å²) < 4.78 is 23.7. The molecule has 0 heterocycles. The molecular formula is C68H136N2O6P+. The van der Waals surface area contributed by atoms with Crippen LogP contribution < -0.4 is 5.32 Å². The minimum absolute atomic E-state index is 0.0588. The molecule has 0 fully saturated rings. The molecule has 0 rings (SSSR count). The number of hydrogen-bond acceptors (Lipinski definition) is 5. The van der Waals surface area contributed by atoms with Crippen LogP contribution in [-0.2, 0) is 18.4 Å². The van der Waals surface area contributed by atoms with Crippen molar-refractivity contribution in [3.05, 3.63) is 24.3 Å². The van der Waals surface area contributed by atoms with Crippen LogP contribution in [0.3, 0.4) is 0 Å². The predicted molar refractivity (Wildman–Crippen MR) is 337 cm³/mol. The summed E-state index contributed by atoms with van der Waals surface area (Å²) in [5.74, 6) is -0.179. The van der Waals surface area contributed by atoms with E-state index < -0.39 is 20.0 Å². The SMILES string of the molecule is CCCCCCCCCCCC/C=C/CC/C=C/C(O)C(COP(=O)(O)OCC[N+](C)(C)C)NC(=O)CCCCCCCCCCCCCCCCCCCCCCCCCCCCCCCCCCCCCCCCC. The van der Waals surface area contributed by atoms with Crippen molar-refractivity contribution in [1.82, 2.24) is 5.32 Å². The Kier molecular flexibility index (Phi) is 58.8. The lowest BCUT2D eigenvalue weighted by molar-refractivity contribution is -0.870. The Labute approximate surface area is 481 Å². The number of unbranched alkanes of at least 4 members (excludes halogenated alkanes) is 49. The number of quaternary nitrogens is 1. The molecule has 0 aromatic carbocycles. The van der Waals surface area contributed by atoms with E-state index >= 15 is 0 Å². The molecule has 3 unspecified atom stereocenters. The number of allylic oxidation sites excluding steroid dienone is 3. The summed E-state index contributed by atoms with van der Waals surface area (Å²) >= 11 is 0. The van der Waals surface area contributed by atoms with Gasteiger partial charge >= 0.3 is 7.82 Å². The van der Waals surface area contributed by atoms with Gasteiger partial charge in [0.15, 0.2) is 0 Å². The Hall–Kier alpha value is -1.02. The fourth-order valence-corrected chi connectivity index (χ4v) is 11.3. The van der Waals surface area contributed by atoms with Crippen molar-refractivity contribution < 1.29 is 32.9 Å². The van der Waals surface area contributed by atoms with Crippen LogP contribution in [0.25, 0.3) is 0 Å². The van der Waals surface area contributed by atoms with Crippen LogP contribution in [-0.4, -0.2) is 73.4 Å². The van der Waals surface area contributed by atoms with E-state index in [9.17, 15) is 19.4 Å². The molecule has 0 aromatic rings. The van der Waals surface area contributed by atoms with Gasteiger partial charge in [-0.05, 0) is 32.1 Å². The zero-order valence-electron chi connectivity index (χ0n) is 52.5. The molecule has 77 heavy (non-hydrogen) atoms. The number of hydrogen-bond donors (Lipinski definition) is 3. The molecule has 0 radical (unpaired) electrons. The maximum atomic E-state index is 13.0. The van der Waals surface area contributed by atoms with Gasteiger partial charge in [0.25, 0.3) is 0 Å². The van der Waals surface area contributed by atoms with Crippen LogP contribution in [0.2, 0.25) is 0 Å². The summed E-state index contributed by atoms with van der Waals surface area (Å²) in [7, 11) is 1.57. The van der Waals surface area contributed by atoms with Gasteiger partial charge in [0, 0.05) is 6.42 Å². The van der Waals surface area contributed by atoms with Gasteiger partial charge in [-0.25, -0.2) is 4.57 Å². The summed E-state index contributed by atoms with van der Waals surface area (Å²) in [6.45, 7) is 4.84. The van der Waals surface area contributed by atoms with Crippen LogP contribution in [0.15, 0.2) is 24.3 Å². The summed E-state index contributed by atoms with van der Waals surface area (Å²) in [5.41, 5.74) is 0. The molecule has 3 N–H and O–H groups in total. The Morgan fingerprint density at radius 2 is 0.714 bits per heavy atom. The van der Waals surface area contributed by atoms with E-state index in [4.69, 9.17) is 9.05 Å². The van der Waals surface area contributed by atoms with E-state index in [1.165, 1.54) is 295 Å². The summed E-state index contributed by atoms with van der Waals surface area (Å²) in [5, 5.41) is 13.9. The molecule has 0 aliphatic rings. The van der Waals surface area contributed by atoms with Gasteiger partial charge in [0.05, 0.1) is 39.9 Å². The van der Waals surface area contributed by atoms with Crippen molar-refractivity contribution in [2.45, 2.75) is 366 Å². The molecule has 1 amide bonds. The number of nitrogens with one attached hydrogen (secondary N) is 1. The highest BCUT2D eigenvalue weighted by molar-refractivity contribution is 7.47. The van der Waals surface area contributed by atoms with Crippen molar-refractivity contribution in [2.24, 2.45) is 0 Å². The molecule has 0 aromatic heterocycles. The van der Waals surface area contributed by atoms with Crippen LogP contribution in [0, 0.1) is 0 Å². The summed E-state index contributed by atoms with van der Waals surface area (Å²) in [4.78, 5) is 23.3. The second kappa shape index (κ2) is 59.6. The second-order valence-corrected chi connectivity index (χ2v) is 26.4. The van der Waals surface area contributed by atoms with Crippen molar-refractivity contribution >= 4 is 13.7 Å². The van der Waals surface area contributed by atoms with E-state index in [-0.39, 0.29) is 19.1 Å². The first-order valence-electron chi connectivity index (χ1n) is 34.2. The number of carbonyl (C=O) groups excluding carboxylic acids is 1. The molecule has 0 aliphatic heterocycles. The molecule has 8 nitrogen and oxygen atoms in total. The molecule has 0 spiro atoms. The smallest absolute Gasteiger partial charge is 0.387 e. The van der Waals surface area contributed by atoms with Crippen molar-refractivity contribution in [3.8, 4) is 0 Å². The van der Waals surface area contributed by atoms with E-state index in [2.05, 4.69) is 31.3 Å². The number of phosphoric acid groups is 1. The predicted octanol–water partition coefficient (Wildman–Crippen LogP) is 21.5. The molecule has 9 heteroatoms. The number of amides is 1. The molecule has 3 atom stereocenters. The molecule has 0 aliphatic carbocycles. The molecular weight excluding hydrogens is 972 g/mol. The fraction of sp³-hybridized carbons (Fsp3) is 0.926. The first kappa shape index (κ1) is 76.0. The topological polar surface area (TPSA) is 105 Å². The average Bonchev–Trinajstić information content (AvgIpc) is 3.39. The largest absolute Gasteiger partial charge is 0.472 e. The molecule has 0 saturated heterocycles. The lowest BCUT2D eigenvalue weighted by Gasteiger charge is -2.25. The van der Waals surface area contributed by atoms with Gasteiger partial charge in [-0.1, -0.05) is 340 Å². The Bertz CT molecular complexity index is 1300. The van der Waals surface area contributed by atoms with Crippen LogP contribution in [0.4, 0.5) is 0 Å². The Morgan fingerprint density at radius 3 is 1.04 bits per heavy atom. The van der Waals surface area contributed by atoms with Crippen LogP contribution in [0.1, 0.15) is 354 Å². The van der Waals surface area contributed by atoms with E-state index in [1.807, 2.05) is 27.2 Å². The molecule has 458 valence electrons. The number of rotatable bonds is 64. The Balaban J connectivity index is 3.88. The maximum absolute atomic E-state index is 13.0. The monoisotopic (exact) mass is 1110 g/mol. The van der Waals surface area contributed by atoms with Crippen LogP contribution >= 0.6 is 7.82 Å². The van der Waals surface area contributed by atoms with Crippen molar-refractivity contribution in [2.75, 3.05) is 40.9 Å². The number of aliphatic hydroxyl groups excluding tert-OH is 1. The minimum Gasteiger partial charge on any atom is -0.387 e.